The van der Waals surface area contributed by atoms with E-state index in [2.05, 4.69) is 4.98 Å². The highest BCUT2D eigenvalue weighted by molar-refractivity contribution is 7.99. The topological polar surface area (TPSA) is 122 Å². The van der Waals surface area contributed by atoms with Crippen molar-refractivity contribution in [1.82, 2.24) is 9.55 Å². The molecule has 1 aliphatic rings. The number of aliphatic hydroxyl groups is 3. The number of hydrogen-bond acceptors (Lipinski definition) is 7. The van der Waals surface area contributed by atoms with Crippen molar-refractivity contribution in [3.8, 4) is 0 Å². The Hall–Kier alpha value is -1.09. The smallest absolute Gasteiger partial charge is 0.350 e. The highest BCUT2D eigenvalue weighted by Gasteiger charge is 2.48. The maximum Gasteiger partial charge on any atom is 0.350 e. The van der Waals surface area contributed by atoms with Gasteiger partial charge in [-0.15, -0.1) is 11.8 Å². The van der Waals surface area contributed by atoms with E-state index in [0.717, 1.165) is 0 Å². The van der Waals surface area contributed by atoms with Crippen LogP contribution in [0.15, 0.2) is 17.1 Å². The minimum absolute atomic E-state index is 0.0983. The van der Waals surface area contributed by atoms with Gasteiger partial charge in [0.25, 0.3) is 0 Å². The fourth-order valence-electron chi connectivity index (χ4n) is 1.66. The Bertz CT molecular complexity index is 480. The van der Waals surface area contributed by atoms with Crippen molar-refractivity contribution in [2.24, 2.45) is 0 Å². The summed E-state index contributed by atoms with van der Waals surface area (Å²) in [5, 5.41) is 28.1. The van der Waals surface area contributed by atoms with Crippen LogP contribution in [0.3, 0.4) is 0 Å². The van der Waals surface area contributed by atoms with Crippen molar-refractivity contribution in [2.75, 3.05) is 18.1 Å². The molecule has 8 heteroatoms. The molecule has 1 aromatic heterocycles. The number of aromatic nitrogens is 2. The normalized spacial score (nSPS) is 32.9. The van der Waals surface area contributed by atoms with Crippen LogP contribution in [0.2, 0.25) is 0 Å². The van der Waals surface area contributed by atoms with Crippen molar-refractivity contribution in [3.05, 3.63) is 22.7 Å². The van der Waals surface area contributed by atoms with Gasteiger partial charge in [0, 0.05) is 11.9 Å². The van der Waals surface area contributed by atoms with Crippen LogP contribution >= 0.6 is 11.8 Å². The van der Waals surface area contributed by atoms with E-state index in [1.54, 1.807) is 0 Å². The molecule has 1 fully saturated rings. The predicted octanol–water partition coefficient (Wildman–Crippen LogP) is -1.84. The average Bonchev–Trinajstić information content (AvgIpc) is 2.58. The first kappa shape index (κ1) is 12.4. The Morgan fingerprint density at radius 3 is 2.94 bits per heavy atom. The van der Waals surface area contributed by atoms with Crippen molar-refractivity contribution in [2.45, 2.75) is 17.1 Å². The van der Waals surface area contributed by atoms with E-state index in [4.69, 9.17) is 10.8 Å². The number of nitrogens with zero attached hydrogens (tertiary/aromatic N) is 2. The zero-order valence-corrected chi connectivity index (χ0v) is 9.67. The first-order chi connectivity index (χ1) is 7.98. The second-order valence-corrected chi connectivity index (χ2v) is 5.06. The van der Waals surface area contributed by atoms with Crippen LogP contribution in [0.25, 0.3) is 0 Å². The van der Waals surface area contributed by atoms with Crippen molar-refractivity contribution in [3.63, 3.8) is 0 Å². The predicted molar refractivity (Wildman–Crippen MR) is 62.4 cm³/mol. The molecule has 5 N–H and O–H groups in total. The summed E-state index contributed by atoms with van der Waals surface area (Å²) in [5.41, 5.74) is 3.18. The van der Waals surface area contributed by atoms with Gasteiger partial charge in [-0.2, -0.15) is 4.98 Å². The standard InChI is InChI=1S/C9H13N3O4S/c10-5-1-2-12(8(15)11-5)7-6(14)9(16,3-13)4-17-7/h1-2,6-7,13-14,16H,3-4H2,(H2,10,11,15)/t6-,7-,9+/m1/s1. The molecule has 17 heavy (non-hydrogen) atoms. The number of aliphatic hydroxyl groups excluding tert-OH is 2. The van der Waals surface area contributed by atoms with Gasteiger partial charge in [-0.25, -0.2) is 4.79 Å². The second-order valence-electron chi connectivity index (χ2n) is 3.95. The van der Waals surface area contributed by atoms with E-state index in [1.165, 1.54) is 28.6 Å². The highest BCUT2D eigenvalue weighted by atomic mass is 32.2. The van der Waals surface area contributed by atoms with Crippen LogP contribution in [0.5, 0.6) is 0 Å². The number of anilines is 1. The van der Waals surface area contributed by atoms with Crippen LogP contribution < -0.4 is 11.4 Å². The van der Waals surface area contributed by atoms with Crippen molar-refractivity contribution >= 4 is 17.6 Å². The SMILES string of the molecule is Nc1ccn([C@@H]2SC[C@@](O)(CO)[C@@H]2O)c(=O)n1. The average molecular weight is 259 g/mol. The lowest BCUT2D eigenvalue weighted by atomic mass is 10.0. The van der Waals surface area contributed by atoms with Gasteiger partial charge in [0.2, 0.25) is 0 Å². The lowest BCUT2D eigenvalue weighted by Crippen LogP contribution is -2.47. The number of nitrogens with two attached hydrogens (primary N) is 1. The van der Waals surface area contributed by atoms with Crippen LogP contribution in [-0.4, -0.2) is 48.9 Å². The summed E-state index contributed by atoms with van der Waals surface area (Å²) in [5.74, 6) is 0.243. The van der Waals surface area contributed by atoms with Crippen LogP contribution in [0.4, 0.5) is 5.82 Å². The summed E-state index contributed by atoms with van der Waals surface area (Å²) in [6.07, 6.45) is 0.176. The summed E-state index contributed by atoms with van der Waals surface area (Å²) >= 11 is 1.18. The molecule has 2 rings (SSSR count). The monoisotopic (exact) mass is 259 g/mol. The number of hydrogen-bond donors (Lipinski definition) is 4. The molecule has 3 atom stereocenters. The highest BCUT2D eigenvalue weighted by Crippen LogP contribution is 2.41. The van der Waals surface area contributed by atoms with Gasteiger partial charge in [0.15, 0.2) is 0 Å². The minimum atomic E-state index is -1.59. The summed E-state index contributed by atoms with van der Waals surface area (Å²) in [4.78, 5) is 15.1. The van der Waals surface area contributed by atoms with E-state index in [1.807, 2.05) is 0 Å². The Balaban J connectivity index is 2.34. The van der Waals surface area contributed by atoms with Gasteiger partial charge in [-0.3, -0.25) is 4.57 Å². The molecular formula is C9H13N3O4S. The van der Waals surface area contributed by atoms with Gasteiger partial charge in [0.1, 0.15) is 22.9 Å². The first-order valence-corrected chi connectivity index (χ1v) is 6.00. The summed E-state index contributed by atoms with van der Waals surface area (Å²) in [6.45, 7) is -0.561. The van der Waals surface area contributed by atoms with E-state index < -0.39 is 29.4 Å². The van der Waals surface area contributed by atoms with Gasteiger partial charge >= 0.3 is 5.69 Å². The maximum absolute atomic E-state index is 11.6. The Labute approximate surface area is 101 Å². The fraction of sp³-hybridized carbons (Fsp3) is 0.556. The molecule has 1 saturated heterocycles. The molecule has 0 bridgehead atoms. The van der Waals surface area contributed by atoms with E-state index in [0.29, 0.717) is 0 Å². The molecule has 7 nitrogen and oxygen atoms in total. The summed E-state index contributed by atoms with van der Waals surface area (Å²) in [6, 6.07) is 1.44. The Morgan fingerprint density at radius 1 is 1.71 bits per heavy atom. The third-order valence-corrected chi connectivity index (χ3v) is 4.22. The molecule has 0 unspecified atom stereocenters. The lowest BCUT2D eigenvalue weighted by Gasteiger charge is -2.25. The van der Waals surface area contributed by atoms with Gasteiger partial charge < -0.3 is 21.1 Å². The summed E-state index contributed by atoms with van der Waals surface area (Å²) in [7, 11) is 0. The lowest BCUT2D eigenvalue weighted by molar-refractivity contribution is -0.0876. The third kappa shape index (κ3) is 2.04. The number of rotatable bonds is 2. The van der Waals surface area contributed by atoms with E-state index in [-0.39, 0.29) is 11.6 Å². The number of nitrogen functional groups attached to an aromatic ring is 1. The summed E-state index contributed by atoms with van der Waals surface area (Å²) < 4.78 is 1.19. The largest absolute Gasteiger partial charge is 0.393 e. The molecule has 94 valence electrons. The van der Waals surface area contributed by atoms with Crippen molar-refractivity contribution < 1.29 is 15.3 Å². The second kappa shape index (κ2) is 4.30. The molecule has 1 aromatic rings. The zero-order valence-electron chi connectivity index (χ0n) is 8.85. The molecule has 0 radical (unpaired) electrons. The molecule has 0 amide bonds. The van der Waals surface area contributed by atoms with Gasteiger partial charge in [-0.1, -0.05) is 0 Å². The Kier molecular flexibility index (Phi) is 3.13. The molecule has 1 aliphatic heterocycles. The molecule has 2 heterocycles. The fourth-order valence-corrected chi connectivity index (χ4v) is 3.14. The minimum Gasteiger partial charge on any atom is -0.393 e. The van der Waals surface area contributed by atoms with Crippen LogP contribution in [0, 0.1) is 0 Å². The number of thioether (sulfide) groups is 1. The zero-order chi connectivity index (χ0) is 12.6. The Morgan fingerprint density at radius 2 is 2.41 bits per heavy atom. The van der Waals surface area contributed by atoms with E-state index >= 15 is 0 Å². The first-order valence-electron chi connectivity index (χ1n) is 4.95. The van der Waals surface area contributed by atoms with Crippen LogP contribution in [0.1, 0.15) is 5.37 Å². The molecule has 0 saturated carbocycles. The third-order valence-electron chi connectivity index (χ3n) is 2.72. The van der Waals surface area contributed by atoms with Crippen LogP contribution in [-0.2, 0) is 0 Å². The molecular weight excluding hydrogens is 246 g/mol. The quantitative estimate of drug-likeness (QED) is 0.492. The van der Waals surface area contributed by atoms with Gasteiger partial charge in [0.05, 0.1) is 6.61 Å². The van der Waals surface area contributed by atoms with E-state index in [9.17, 15) is 15.0 Å². The van der Waals surface area contributed by atoms with Crippen molar-refractivity contribution in [1.29, 1.82) is 0 Å². The molecule has 0 aromatic carbocycles. The molecule has 0 aliphatic carbocycles. The molecule has 0 spiro atoms. The maximum atomic E-state index is 11.6. The van der Waals surface area contributed by atoms with Gasteiger partial charge in [-0.05, 0) is 6.07 Å².